The van der Waals surface area contributed by atoms with Crippen LogP contribution in [0.25, 0.3) is 26.1 Å². The molecule has 1 aromatic carbocycles. The molecule has 1 N–H and O–H groups in total. The second-order valence-electron chi connectivity index (χ2n) is 5.38. The summed E-state index contributed by atoms with van der Waals surface area (Å²) in [5, 5.41) is 15.1. The molecule has 4 rings (SSSR count). The van der Waals surface area contributed by atoms with Crippen LogP contribution in [-0.4, -0.2) is 26.5 Å². The fraction of sp³-hybridized carbons (Fsp3) is 0.0625. The monoisotopic (exact) mass is 387 g/mol. The summed E-state index contributed by atoms with van der Waals surface area (Å²) in [4.78, 5) is 32.7. The molecule has 3 heterocycles. The Morgan fingerprint density at radius 1 is 1.27 bits per heavy atom. The molecule has 0 saturated carbocycles. The average molecular weight is 388 g/mol. The van der Waals surface area contributed by atoms with Crippen molar-refractivity contribution < 1.29 is 4.92 Å². The Morgan fingerprint density at radius 3 is 2.65 bits per heavy atom. The number of fused-ring (bicyclic) bond motifs is 3. The first-order valence-electron chi connectivity index (χ1n) is 7.42. The van der Waals surface area contributed by atoms with Crippen LogP contribution >= 0.6 is 22.9 Å². The van der Waals surface area contributed by atoms with Crippen molar-refractivity contribution in [1.29, 1.82) is 0 Å². The van der Waals surface area contributed by atoms with E-state index in [1.54, 1.807) is 31.3 Å². The van der Waals surface area contributed by atoms with Gasteiger partial charge in [0.05, 0.1) is 16.0 Å². The van der Waals surface area contributed by atoms with Crippen LogP contribution in [0, 0.1) is 10.1 Å². The number of benzene rings is 1. The predicted molar refractivity (Wildman–Crippen MR) is 102 cm³/mol. The van der Waals surface area contributed by atoms with Gasteiger partial charge in [0.15, 0.2) is 0 Å². The molecule has 0 fully saturated rings. The number of nitrogens with one attached hydrogen (secondary N) is 1. The molecule has 0 aliphatic heterocycles. The summed E-state index contributed by atoms with van der Waals surface area (Å²) in [7, 11) is 1.58. The molecule has 130 valence electrons. The normalized spacial score (nSPS) is 11.2. The molecule has 0 atom stereocenters. The maximum absolute atomic E-state index is 12.9. The number of aromatic nitrogens is 3. The SMILES string of the molecule is CNc1c([N+](=O)[O-])cnc2sc3c(=O)n(-c4ccc(Cl)cc4)cnc3c12. The predicted octanol–water partition coefficient (Wildman–Crippen LogP) is 3.60. The number of pyridine rings is 1. The highest BCUT2D eigenvalue weighted by Crippen LogP contribution is 2.38. The molecule has 8 nitrogen and oxygen atoms in total. The zero-order valence-electron chi connectivity index (χ0n) is 13.3. The lowest BCUT2D eigenvalue weighted by Gasteiger charge is -2.06. The molecular weight excluding hydrogens is 378 g/mol. The van der Waals surface area contributed by atoms with Crippen molar-refractivity contribution in [1.82, 2.24) is 14.5 Å². The van der Waals surface area contributed by atoms with Gasteiger partial charge in [-0.1, -0.05) is 11.6 Å². The van der Waals surface area contributed by atoms with Crippen molar-refractivity contribution in [3.8, 4) is 5.69 Å². The third-order valence-electron chi connectivity index (χ3n) is 3.94. The molecule has 0 spiro atoms. The van der Waals surface area contributed by atoms with Crippen molar-refractivity contribution in [3.63, 3.8) is 0 Å². The van der Waals surface area contributed by atoms with Gasteiger partial charge >= 0.3 is 5.69 Å². The highest BCUT2D eigenvalue weighted by molar-refractivity contribution is 7.25. The Bertz CT molecular complexity index is 1230. The van der Waals surface area contributed by atoms with E-state index in [2.05, 4.69) is 15.3 Å². The van der Waals surface area contributed by atoms with Gasteiger partial charge in [-0.15, -0.1) is 11.3 Å². The molecular formula is C16H10ClN5O3S. The summed E-state index contributed by atoms with van der Waals surface area (Å²) < 4.78 is 1.78. The van der Waals surface area contributed by atoms with E-state index in [-0.39, 0.29) is 11.2 Å². The third-order valence-corrected chi connectivity index (χ3v) is 5.27. The fourth-order valence-corrected chi connectivity index (χ4v) is 3.92. The minimum atomic E-state index is -0.517. The van der Waals surface area contributed by atoms with Gasteiger partial charge in [0.25, 0.3) is 5.56 Å². The number of hydrogen-bond acceptors (Lipinski definition) is 7. The van der Waals surface area contributed by atoms with Crippen LogP contribution in [0.3, 0.4) is 0 Å². The maximum Gasteiger partial charge on any atom is 0.311 e. The summed E-state index contributed by atoms with van der Waals surface area (Å²) in [5.74, 6) is 0. The Morgan fingerprint density at radius 2 is 2.00 bits per heavy atom. The minimum absolute atomic E-state index is 0.164. The molecule has 0 aliphatic carbocycles. The zero-order chi connectivity index (χ0) is 18.4. The smallest absolute Gasteiger partial charge is 0.311 e. The van der Waals surface area contributed by atoms with Crippen LogP contribution in [0.1, 0.15) is 0 Å². The molecule has 0 saturated heterocycles. The van der Waals surface area contributed by atoms with Crippen molar-refractivity contribution >= 4 is 54.7 Å². The Labute approximate surface area is 154 Å². The highest BCUT2D eigenvalue weighted by atomic mass is 35.5. The molecule has 0 amide bonds. The number of nitro groups is 1. The zero-order valence-corrected chi connectivity index (χ0v) is 14.8. The summed E-state index contributed by atoms with van der Waals surface area (Å²) in [6.45, 7) is 0. The first kappa shape index (κ1) is 16.4. The molecule has 0 unspecified atom stereocenters. The molecule has 0 aliphatic rings. The molecule has 26 heavy (non-hydrogen) atoms. The molecule has 10 heteroatoms. The van der Waals surface area contributed by atoms with Crippen LogP contribution in [0.2, 0.25) is 5.02 Å². The van der Waals surface area contributed by atoms with Crippen molar-refractivity contribution in [2.24, 2.45) is 0 Å². The number of nitrogens with zero attached hydrogens (tertiary/aromatic N) is 4. The molecule has 3 aromatic heterocycles. The number of thiophene rings is 1. The highest BCUT2D eigenvalue weighted by Gasteiger charge is 2.23. The van der Waals surface area contributed by atoms with Crippen LogP contribution in [0.5, 0.6) is 0 Å². The van der Waals surface area contributed by atoms with Gasteiger partial charge in [-0.2, -0.15) is 0 Å². The average Bonchev–Trinajstić information content (AvgIpc) is 3.02. The van der Waals surface area contributed by atoms with E-state index < -0.39 is 4.92 Å². The van der Waals surface area contributed by atoms with Gasteiger partial charge in [0, 0.05) is 12.1 Å². The maximum atomic E-state index is 12.9. The topological polar surface area (TPSA) is 103 Å². The van der Waals surface area contributed by atoms with E-state index in [9.17, 15) is 14.9 Å². The molecule has 0 radical (unpaired) electrons. The lowest BCUT2D eigenvalue weighted by Crippen LogP contribution is -2.17. The standard InChI is InChI=1S/C16H10ClN5O3S/c1-18-12-10(22(24)25)6-19-15-11(12)13-14(26-15)16(23)21(7-20-13)9-4-2-8(17)3-5-9/h2-7H,1H3,(H,18,19). The lowest BCUT2D eigenvalue weighted by atomic mass is 10.2. The quantitative estimate of drug-likeness (QED) is 0.425. The van der Waals surface area contributed by atoms with Crippen LogP contribution in [0.4, 0.5) is 11.4 Å². The Kier molecular flexibility index (Phi) is 3.82. The third kappa shape index (κ3) is 2.40. The van der Waals surface area contributed by atoms with E-state index >= 15 is 0 Å². The number of hydrogen-bond donors (Lipinski definition) is 1. The second-order valence-corrected chi connectivity index (χ2v) is 6.82. The van der Waals surface area contributed by atoms with Gasteiger partial charge in [-0.05, 0) is 24.3 Å². The summed E-state index contributed by atoms with van der Waals surface area (Å²) in [6, 6.07) is 6.80. The number of rotatable bonds is 3. The van der Waals surface area contributed by atoms with Crippen LogP contribution in [0.15, 0.2) is 41.6 Å². The van der Waals surface area contributed by atoms with Gasteiger partial charge < -0.3 is 5.32 Å². The first-order valence-corrected chi connectivity index (χ1v) is 8.61. The lowest BCUT2D eigenvalue weighted by molar-refractivity contribution is -0.384. The number of anilines is 1. The van der Waals surface area contributed by atoms with Crippen LogP contribution in [-0.2, 0) is 0 Å². The van der Waals surface area contributed by atoms with Crippen LogP contribution < -0.4 is 10.9 Å². The summed E-state index contributed by atoms with van der Waals surface area (Å²) in [5.41, 5.74) is 0.871. The van der Waals surface area contributed by atoms with Crippen molar-refractivity contribution in [3.05, 3.63) is 62.3 Å². The van der Waals surface area contributed by atoms with E-state index in [0.717, 1.165) is 11.3 Å². The molecule has 0 bridgehead atoms. The Balaban J connectivity index is 2.05. The minimum Gasteiger partial charge on any atom is -0.382 e. The van der Waals surface area contributed by atoms with Gasteiger partial charge in [-0.25, -0.2) is 9.97 Å². The summed E-state index contributed by atoms with van der Waals surface area (Å²) in [6.07, 6.45) is 2.58. The van der Waals surface area contributed by atoms with Gasteiger partial charge in [0.2, 0.25) is 0 Å². The molecule has 4 aromatic rings. The van der Waals surface area contributed by atoms with Crippen molar-refractivity contribution in [2.75, 3.05) is 12.4 Å². The van der Waals surface area contributed by atoms with Gasteiger partial charge in [0.1, 0.15) is 33.3 Å². The largest absolute Gasteiger partial charge is 0.382 e. The van der Waals surface area contributed by atoms with E-state index in [1.165, 1.54) is 17.1 Å². The Hall–Kier alpha value is -3.04. The summed E-state index contributed by atoms with van der Waals surface area (Å²) >= 11 is 7.04. The van der Waals surface area contributed by atoms with E-state index in [1.807, 2.05) is 0 Å². The number of halogens is 1. The fourth-order valence-electron chi connectivity index (χ4n) is 2.76. The first-order chi connectivity index (χ1) is 12.5. The van der Waals surface area contributed by atoms with E-state index in [0.29, 0.717) is 36.8 Å². The van der Waals surface area contributed by atoms with E-state index in [4.69, 9.17) is 11.6 Å². The second kappa shape index (κ2) is 6.04. The van der Waals surface area contributed by atoms with Crippen molar-refractivity contribution in [2.45, 2.75) is 0 Å². The van der Waals surface area contributed by atoms with Gasteiger partial charge in [-0.3, -0.25) is 19.5 Å².